The Kier molecular flexibility index (Phi) is 6.19. The molecule has 0 amide bonds. The minimum absolute atomic E-state index is 0.100. The van der Waals surface area contributed by atoms with Gasteiger partial charge in [0.25, 0.3) is 0 Å². The van der Waals surface area contributed by atoms with E-state index in [0.29, 0.717) is 24.2 Å². The lowest BCUT2D eigenvalue weighted by Crippen LogP contribution is -2.55. The molecule has 3 unspecified atom stereocenters. The second-order valence-electron chi connectivity index (χ2n) is 7.99. The van der Waals surface area contributed by atoms with Gasteiger partial charge in [-0.15, -0.1) is 0 Å². The summed E-state index contributed by atoms with van der Waals surface area (Å²) in [6.07, 6.45) is 10.5. The van der Waals surface area contributed by atoms with E-state index in [-0.39, 0.29) is 5.25 Å². The second kappa shape index (κ2) is 7.99. The number of likely N-dealkylation sites (N-methyl/N-ethyl adjacent to an activating group) is 1. The molecule has 2 aliphatic heterocycles. The molecule has 3 atom stereocenters. The first-order chi connectivity index (χ1) is 11.4. The van der Waals surface area contributed by atoms with Crippen LogP contribution in [0.25, 0.3) is 0 Å². The summed E-state index contributed by atoms with van der Waals surface area (Å²) in [6.45, 7) is 2.10. The van der Waals surface area contributed by atoms with Crippen molar-refractivity contribution in [3.63, 3.8) is 0 Å². The van der Waals surface area contributed by atoms with Crippen molar-refractivity contribution in [2.45, 2.75) is 74.9 Å². The fourth-order valence-electron chi connectivity index (χ4n) is 4.67. The molecule has 6 nitrogen and oxygen atoms in total. The normalized spacial score (nSPS) is 39.2. The van der Waals surface area contributed by atoms with Crippen molar-refractivity contribution in [3.8, 4) is 0 Å². The van der Waals surface area contributed by atoms with E-state index in [1.807, 2.05) is 0 Å². The fraction of sp³-hybridized carbons (Fsp3) is 1.00. The molecule has 0 aromatic heterocycles. The van der Waals surface area contributed by atoms with Crippen LogP contribution < -0.4 is 16.1 Å². The quantitative estimate of drug-likeness (QED) is 0.677. The van der Waals surface area contributed by atoms with Crippen LogP contribution in [0, 0.1) is 5.92 Å². The second-order valence-corrected chi connectivity index (χ2v) is 10.3. The highest BCUT2D eigenvalue weighted by Gasteiger charge is 2.34. The van der Waals surface area contributed by atoms with Gasteiger partial charge in [-0.25, -0.2) is 13.4 Å². The number of sulfone groups is 1. The van der Waals surface area contributed by atoms with E-state index in [0.717, 1.165) is 38.8 Å². The predicted molar refractivity (Wildman–Crippen MR) is 97.3 cm³/mol. The molecule has 2 heterocycles. The molecule has 0 spiro atoms. The maximum atomic E-state index is 11.7. The van der Waals surface area contributed by atoms with Crippen LogP contribution in [-0.4, -0.2) is 63.3 Å². The zero-order chi connectivity index (χ0) is 17.2. The Hall–Kier alpha value is -0.210. The Morgan fingerprint density at radius 1 is 1.08 bits per heavy atom. The van der Waals surface area contributed by atoms with E-state index < -0.39 is 9.84 Å². The third kappa shape index (κ3) is 4.69. The monoisotopic (exact) mass is 358 g/mol. The molecule has 7 heteroatoms. The molecule has 24 heavy (non-hydrogen) atoms. The Morgan fingerprint density at radius 3 is 2.46 bits per heavy atom. The number of piperidine rings is 1. The SMILES string of the molecule is CN1NCCC1CNC1CCCC(C2CCC(S(C)(=O)=O)CC2)N1. The zero-order valence-electron chi connectivity index (χ0n) is 15.1. The summed E-state index contributed by atoms with van der Waals surface area (Å²) in [5.41, 5.74) is 3.36. The average Bonchev–Trinajstić information content (AvgIpc) is 2.98. The van der Waals surface area contributed by atoms with Crippen molar-refractivity contribution in [1.29, 1.82) is 0 Å². The van der Waals surface area contributed by atoms with Gasteiger partial charge in [-0.3, -0.25) is 10.7 Å². The van der Waals surface area contributed by atoms with E-state index in [9.17, 15) is 8.42 Å². The van der Waals surface area contributed by atoms with Gasteiger partial charge in [0.05, 0.1) is 11.4 Å². The first-order valence-corrected chi connectivity index (χ1v) is 11.5. The third-order valence-electron chi connectivity index (χ3n) is 6.30. The van der Waals surface area contributed by atoms with Gasteiger partial charge < -0.3 is 5.32 Å². The molecule has 0 aromatic rings. The highest BCUT2D eigenvalue weighted by molar-refractivity contribution is 7.91. The Labute approximate surface area is 147 Å². The van der Waals surface area contributed by atoms with Gasteiger partial charge in [0.1, 0.15) is 9.84 Å². The minimum Gasteiger partial charge on any atom is -0.300 e. The van der Waals surface area contributed by atoms with Crippen molar-refractivity contribution in [2.24, 2.45) is 5.92 Å². The van der Waals surface area contributed by atoms with Gasteiger partial charge in [0.2, 0.25) is 0 Å². The van der Waals surface area contributed by atoms with Gasteiger partial charge in [-0.2, -0.15) is 0 Å². The molecule has 3 N–H and O–H groups in total. The summed E-state index contributed by atoms with van der Waals surface area (Å²) in [6, 6.07) is 1.13. The van der Waals surface area contributed by atoms with Crippen LogP contribution in [0.15, 0.2) is 0 Å². The van der Waals surface area contributed by atoms with Gasteiger partial charge in [-0.1, -0.05) is 0 Å². The number of nitrogens with zero attached hydrogens (tertiary/aromatic N) is 1. The third-order valence-corrected chi connectivity index (χ3v) is 7.99. The summed E-state index contributed by atoms with van der Waals surface area (Å²) < 4.78 is 23.4. The summed E-state index contributed by atoms with van der Waals surface area (Å²) in [5, 5.41) is 9.65. The summed E-state index contributed by atoms with van der Waals surface area (Å²) in [7, 11) is -0.736. The van der Waals surface area contributed by atoms with Crippen LogP contribution in [0.3, 0.4) is 0 Å². The largest absolute Gasteiger partial charge is 0.300 e. The Morgan fingerprint density at radius 2 is 1.83 bits per heavy atom. The summed E-state index contributed by atoms with van der Waals surface area (Å²) in [4.78, 5) is 0. The maximum absolute atomic E-state index is 11.7. The molecule has 1 saturated carbocycles. The van der Waals surface area contributed by atoms with Crippen LogP contribution in [0.5, 0.6) is 0 Å². The summed E-state index contributed by atoms with van der Waals surface area (Å²) in [5.74, 6) is 0.642. The van der Waals surface area contributed by atoms with Gasteiger partial charge in [0, 0.05) is 38.5 Å². The minimum atomic E-state index is -2.86. The highest BCUT2D eigenvalue weighted by atomic mass is 32.2. The van der Waals surface area contributed by atoms with Crippen LogP contribution in [0.2, 0.25) is 0 Å². The molecule has 2 saturated heterocycles. The molecule has 1 aliphatic carbocycles. The average molecular weight is 359 g/mol. The lowest BCUT2D eigenvalue weighted by molar-refractivity contribution is 0.174. The molecular weight excluding hydrogens is 324 g/mol. The number of nitrogens with one attached hydrogen (secondary N) is 3. The van der Waals surface area contributed by atoms with E-state index in [2.05, 4.69) is 28.1 Å². The lowest BCUT2D eigenvalue weighted by Gasteiger charge is -2.39. The van der Waals surface area contributed by atoms with Gasteiger partial charge in [0.15, 0.2) is 0 Å². The van der Waals surface area contributed by atoms with Crippen molar-refractivity contribution in [2.75, 3.05) is 26.4 Å². The van der Waals surface area contributed by atoms with Crippen molar-refractivity contribution in [3.05, 3.63) is 0 Å². The first kappa shape index (κ1) is 18.6. The highest BCUT2D eigenvalue weighted by Crippen LogP contribution is 2.33. The van der Waals surface area contributed by atoms with E-state index in [1.165, 1.54) is 31.9 Å². The maximum Gasteiger partial charge on any atom is 0.150 e. The standard InChI is InChI=1S/C17H34N4O2S/c1-21-14(10-11-19-21)12-18-17-5-3-4-16(20-17)13-6-8-15(9-7-13)24(2,22)23/h13-20H,3-12H2,1-2H3. The number of hydrogen-bond donors (Lipinski definition) is 3. The molecule has 3 aliphatic rings. The lowest BCUT2D eigenvalue weighted by atomic mass is 9.80. The molecule has 3 rings (SSSR count). The number of rotatable bonds is 5. The van der Waals surface area contributed by atoms with Crippen LogP contribution in [0.1, 0.15) is 51.4 Å². The van der Waals surface area contributed by atoms with Crippen LogP contribution in [0.4, 0.5) is 0 Å². The summed E-state index contributed by atoms with van der Waals surface area (Å²) >= 11 is 0. The van der Waals surface area contributed by atoms with Crippen molar-refractivity contribution >= 4 is 9.84 Å². The molecular formula is C17H34N4O2S. The number of hydrogen-bond acceptors (Lipinski definition) is 6. The molecule has 140 valence electrons. The Balaban J connectivity index is 1.44. The van der Waals surface area contributed by atoms with E-state index in [4.69, 9.17) is 0 Å². The smallest absolute Gasteiger partial charge is 0.150 e. The van der Waals surface area contributed by atoms with Gasteiger partial charge in [-0.05, 0) is 57.3 Å². The molecule has 3 fully saturated rings. The fourth-order valence-corrected chi connectivity index (χ4v) is 5.79. The van der Waals surface area contributed by atoms with Crippen molar-refractivity contribution < 1.29 is 8.42 Å². The zero-order valence-corrected chi connectivity index (χ0v) is 15.9. The van der Waals surface area contributed by atoms with Crippen LogP contribution >= 0.6 is 0 Å². The van der Waals surface area contributed by atoms with Crippen molar-refractivity contribution in [1.82, 2.24) is 21.1 Å². The molecule has 0 aromatic carbocycles. The number of hydrazine groups is 1. The Bertz CT molecular complexity index is 505. The van der Waals surface area contributed by atoms with E-state index >= 15 is 0 Å². The topological polar surface area (TPSA) is 73.5 Å². The predicted octanol–water partition coefficient (Wildman–Crippen LogP) is 0.856. The molecule has 0 bridgehead atoms. The molecule has 0 radical (unpaired) electrons. The van der Waals surface area contributed by atoms with E-state index in [1.54, 1.807) is 0 Å². The first-order valence-electron chi connectivity index (χ1n) is 9.58. The van der Waals surface area contributed by atoms with Crippen LogP contribution in [-0.2, 0) is 9.84 Å². The van der Waals surface area contributed by atoms with Gasteiger partial charge >= 0.3 is 0 Å².